The highest BCUT2D eigenvalue weighted by molar-refractivity contribution is 5.80. The van der Waals surface area contributed by atoms with Crippen LogP contribution in [0.1, 0.15) is 6.42 Å². The summed E-state index contributed by atoms with van der Waals surface area (Å²) in [6.45, 7) is 1.87. The molecule has 3 aromatic rings. The van der Waals surface area contributed by atoms with Crippen LogP contribution >= 0.6 is 0 Å². The van der Waals surface area contributed by atoms with Crippen molar-refractivity contribution < 1.29 is 4.39 Å². The molecule has 92 valence electrons. The first-order valence-corrected chi connectivity index (χ1v) is 6.03. The lowest BCUT2D eigenvalue weighted by Gasteiger charge is -2.06. The van der Waals surface area contributed by atoms with E-state index in [1.54, 1.807) is 12.3 Å². The van der Waals surface area contributed by atoms with E-state index in [0.717, 1.165) is 30.4 Å². The molecule has 0 amide bonds. The zero-order valence-corrected chi connectivity index (χ0v) is 9.96. The van der Waals surface area contributed by atoms with Gasteiger partial charge in [-0.25, -0.2) is 9.37 Å². The lowest BCUT2D eigenvalue weighted by Crippen LogP contribution is -2.01. The molecule has 0 fully saturated rings. The highest BCUT2D eigenvalue weighted by Crippen LogP contribution is 2.17. The smallest absolute Gasteiger partial charge is 0.123 e. The predicted octanol–water partition coefficient (Wildman–Crippen LogP) is 3.07. The maximum absolute atomic E-state index is 13.1. The van der Waals surface area contributed by atoms with Gasteiger partial charge in [0.2, 0.25) is 0 Å². The van der Waals surface area contributed by atoms with Crippen molar-refractivity contribution in [2.75, 3.05) is 0 Å². The van der Waals surface area contributed by atoms with Gasteiger partial charge in [-0.05, 0) is 30.7 Å². The predicted molar refractivity (Wildman–Crippen MR) is 68.7 cm³/mol. The van der Waals surface area contributed by atoms with E-state index in [9.17, 15) is 4.39 Å². The minimum absolute atomic E-state index is 0.182. The van der Waals surface area contributed by atoms with Crippen LogP contribution in [0.25, 0.3) is 10.9 Å². The molecule has 0 saturated carbocycles. The highest BCUT2D eigenvalue weighted by Gasteiger charge is 2.01. The van der Waals surface area contributed by atoms with Crippen molar-refractivity contribution in [2.24, 2.45) is 0 Å². The van der Waals surface area contributed by atoms with Gasteiger partial charge in [-0.3, -0.25) is 0 Å². The minimum atomic E-state index is -0.182. The third kappa shape index (κ3) is 2.14. The fraction of sp³-hybridized carbons (Fsp3) is 0.214. The number of hydrogen-bond donors (Lipinski definition) is 0. The lowest BCUT2D eigenvalue weighted by atomic mass is 10.2. The van der Waals surface area contributed by atoms with Crippen LogP contribution < -0.4 is 0 Å². The van der Waals surface area contributed by atoms with Crippen LogP contribution in [0, 0.1) is 5.82 Å². The molecule has 1 aromatic carbocycles. The van der Waals surface area contributed by atoms with Crippen molar-refractivity contribution in [1.82, 2.24) is 14.1 Å². The van der Waals surface area contributed by atoms with Gasteiger partial charge in [-0.1, -0.05) is 0 Å². The first-order chi connectivity index (χ1) is 8.83. The normalized spacial score (nSPS) is 11.2. The van der Waals surface area contributed by atoms with Gasteiger partial charge in [0, 0.05) is 42.6 Å². The Morgan fingerprint density at radius 1 is 1.11 bits per heavy atom. The highest BCUT2D eigenvalue weighted by atomic mass is 19.1. The number of aromatic nitrogens is 3. The molecule has 0 radical (unpaired) electrons. The Hall–Kier alpha value is -2.10. The third-order valence-electron chi connectivity index (χ3n) is 3.11. The van der Waals surface area contributed by atoms with Gasteiger partial charge in [-0.15, -0.1) is 0 Å². The Balaban J connectivity index is 1.71. The Kier molecular flexibility index (Phi) is 2.84. The van der Waals surface area contributed by atoms with E-state index in [0.29, 0.717) is 0 Å². The van der Waals surface area contributed by atoms with Crippen molar-refractivity contribution >= 4 is 10.9 Å². The zero-order valence-electron chi connectivity index (χ0n) is 9.96. The van der Waals surface area contributed by atoms with Gasteiger partial charge in [0.15, 0.2) is 0 Å². The maximum Gasteiger partial charge on any atom is 0.123 e. The molecule has 0 aliphatic heterocycles. The average molecular weight is 243 g/mol. The number of hydrogen-bond acceptors (Lipinski definition) is 1. The molecule has 0 atom stereocenters. The number of imidazole rings is 1. The summed E-state index contributed by atoms with van der Waals surface area (Å²) in [5.41, 5.74) is 1.09. The summed E-state index contributed by atoms with van der Waals surface area (Å²) in [5, 5.41) is 0.956. The second-order valence-electron chi connectivity index (χ2n) is 4.37. The van der Waals surface area contributed by atoms with E-state index in [1.807, 2.05) is 30.9 Å². The summed E-state index contributed by atoms with van der Waals surface area (Å²) >= 11 is 0. The molecule has 3 rings (SSSR count). The quantitative estimate of drug-likeness (QED) is 0.690. The van der Waals surface area contributed by atoms with E-state index in [-0.39, 0.29) is 5.82 Å². The first-order valence-electron chi connectivity index (χ1n) is 6.03. The Morgan fingerprint density at radius 3 is 2.89 bits per heavy atom. The van der Waals surface area contributed by atoms with Crippen LogP contribution in [-0.2, 0) is 13.1 Å². The standard InChI is InChI=1S/C14H14FN3/c15-13-2-3-14-12(10-13)4-8-18(14)7-1-6-17-9-5-16-11-17/h2-5,8-11H,1,6-7H2. The van der Waals surface area contributed by atoms with Gasteiger partial charge in [0.05, 0.1) is 6.33 Å². The topological polar surface area (TPSA) is 22.8 Å². The van der Waals surface area contributed by atoms with E-state index < -0.39 is 0 Å². The molecular weight excluding hydrogens is 229 g/mol. The van der Waals surface area contributed by atoms with Crippen molar-refractivity contribution in [3.63, 3.8) is 0 Å². The monoisotopic (exact) mass is 243 g/mol. The molecule has 0 aliphatic rings. The minimum Gasteiger partial charge on any atom is -0.347 e. The molecule has 0 bridgehead atoms. The molecule has 0 aliphatic carbocycles. The van der Waals surface area contributed by atoms with Crippen LogP contribution in [0.15, 0.2) is 49.2 Å². The Labute approximate surface area is 104 Å². The summed E-state index contributed by atoms with van der Waals surface area (Å²) in [5.74, 6) is -0.182. The van der Waals surface area contributed by atoms with Crippen LogP contribution in [-0.4, -0.2) is 14.1 Å². The van der Waals surface area contributed by atoms with E-state index >= 15 is 0 Å². The molecule has 2 heterocycles. The van der Waals surface area contributed by atoms with Crippen molar-refractivity contribution in [3.05, 3.63) is 55.0 Å². The number of benzene rings is 1. The molecule has 2 aromatic heterocycles. The largest absolute Gasteiger partial charge is 0.347 e. The second kappa shape index (κ2) is 4.64. The summed E-state index contributed by atoms with van der Waals surface area (Å²) in [7, 11) is 0. The van der Waals surface area contributed by atoms with E-state index in [4.69, 9.17) is 0 Å². The van der Waals surface area contributed by atoms with Crippen LogP contribution in [0.3, 0.4) is 0 Å². The van der Waals surface area contributed by atoms with Gasteiger partial charge in [-0.2, -0.15) is 0 Å². The number of aryl methyl sites for hydroxylation is 2. The van der Waals surface area contributed by atoms with Crippen molar-refractivity contribution in [2.45, 2.75) is 19.5 Å². The molecular formula is C14H14FN3. The number of fused-ring (bicyclic) bond motifs is 1. The van der Waals surface area contributed by atoms with Crippen molar-refractivity contribution in [3.8, 4) is 0 Å². The van der Waals surface area contributed by atoms with E-state index in [1.165, 1.54) is 6.07 Å². The molecule has 0 N–H and O–H groups in total. The zero-order chi connectivity index (χ0) is 12.4. The molecule has 0 spiro atoms. The van der Waals surface area contributed by atoms with Crippen LogP contribution in [0.5, 0.6) is 0 Å². The van der Waals surface area contributed by atoms with Crippen molar-refractivity contribution in [1.29, 1.82) is 0 Å². The SMILES string of the molecule is Fc1ccc2c(ccn2CCCn2ccnc2)c1. The lowest BCUT2D eigenvalue weighted by molar-refractivity contribution is 0.573. The van der Waals surface area contributed by atoms with Crippen LogP contribution in [0.4, 0.5) is 4.39 Å². The number of halogens is 1. The number of nitrogens with zero attached hydrogens (tertiary/aromatic N) is 3. The second-order valence-corrected chi connectivity index (χ2v) is 4.37. The van der Waals surface area contributed by atoms with Gasteiger partial charge in [0.25, 0.3) is 0 Å². The molecule has 3 nitrogen and oxygen atoms in total. The summed E-state index contributed by atoms with van der Waals surface area (Å²) in [6.07, 6.45) is 8.61. The fourth-order valence-electron chi connectivity index (χ4n) is 2.21. The van der Waals surface area contributed by atoms with E-state index in [2.05, 4.69) is 14.1 Å². The summed E-state index contributed by atoms with van der Waals surface area (Å²) in [4.78, 5) is 4.01. The van der Waals surface area contributed by atoms with Gasteiger partial charge in [0.1, 0.15) is 5.82 Å². The fourth-order valence-corrected chi connectivity index (χ4v) is 2.21. The molecule has 0 unspecified atom stereocenters. The summed E-state index contributed by atoms with van der Waals surface area (Å²) < 4.78 is 17.3. The maximum atomic E-state index is 13.1. The number of rotatable bonds is 4. The first kappa shape index (κ1) is 11.0. The average Bonchev–Trinajstić information content (AvgIpc) is 2.99. The van der Waals surface area contributed by atoms with Gasteiger partial charge >= 0.3 is 0 Å². The third-order valence-corrected chi connectivity index (χ3v) is 3.11. The molecule has 0 saturated heterocycles. The Morgan fingerprint density at radius 2 is 2.06 bits per heavy atom. The Bertz CT molecular complexity index is 640. The summed E-state index contributed by atoms with van der Waals surface area (Å²) in [6, 6.07) is 6.87. The molecule has 4 heteroatoms. The molecule has 18 heavy (non-hydrogen) atoms. The van der Waals surface area contributed by atoms with Gasteiger partial charge < -0.3 is 9.13 Å². The van der Waals surface area contributed by atoms with Crippen LogP contribution in [0.2, 0.25) is 0 Å².